The predicted octanol–water partition coefficient (Wildman–Crippen LogP) is 1.22. The molecule has 1 amide bonds. The van der Waals surface area contributed by atoms with E-state index in [-0.39, 0.29) is 5.56 Å². The minimum absolute atomic E-state index is 0.170. The Hall–Kier alpha value is -2.44. The fourth-order valence-electron chi connectivity index (χ4n) is 1.64. The highest BCUT2D eigenvalue weighted by molar-refractivity contribution is 5.98. The van der Waals surface area contributed by atoms with Crippen LogP contribution in [0.1, 0.15) is 21.6 Å². The minimum Gasteiger partial charge on any atom is -0.372 e. The third kappa shape index (κ3) is 2.87. The zero-order chi connectivity index (χ0) is 13.8. The maximum Gasteiger partial charge on any atom is 0.255 e. The molecule has 0 unspecified atom stereocenters. The van der Waals surface area contributed by atoms with Gasteiger partial charge in [0, 0.05) is 24.8 Å². The van der Waals surface area contributed by atoms with Crippen molar-refractivity contribution in [2.45, 2.75) is 13.5 Å². The molecule has 0 saturated carbocycles. The number of pyridine rings is 1. The first-order valence-corrected chi connectivity index (χ1v) is 5.72. The second-order valence-corrected chi connectivity index (χ2v) is 4.00. The average molecular weight is 263 g/mol. The summed E-state index contributed by atoms with van der Waals surface area (Å²) < 4.78 is 13.1. The topological polar surface area (TPSA) is 82.7 Å². The molecule has 0 bridgehead atoms. The van der Waals surface area contributed by atoms with Crippen LogP contribution in [-0.2, 0) is 6.54 Å². The van der Waals surface area contributed by atoms with Gasteiger partial charge in [0.05, 0.1) is 18.0 Å². The Balaban J connectivity index is 2.12. The van der Waals surface area contributed by atoms with E-state index in [0.717, 1.165) is 23.5 Å². The summed E-state index contributed by atoms with van der Waals surface area (Å²) >= 11 is 0. The summed E-state index contributed by atoms with van der Waals surface area (Å²) in [6.07, 6.45) is 2.70. The Kier molecular flexibility index (Phi) is 3.74. The third-order valence-electron chi connectivity index (χ3n) is 2.71. The summed E-state index contributed by atoms with van der Waals surface area (Å²) in [5.74, 6) is -0.608. The monoisotopic (exact) mass is 263 g/mol. The molecule has 0 atom stereocenters. The molecule has 2 aromatic rings. The Bertz CT molecular complexity index is 596. The van der Waals surface area contributed by atoms with Crippen molar-refractivity contribution in [1.82, 2.24) is 20.5 Å². The van der Waals surface area contributed by atoms with Crippen LogP contribution in [0.25, 0.3) is 0 Å². The van der Waals surface area contributed by atoms with Gasteiger partial charge >= 0.3 is 0 Å². The van der Waals surface area contributed by atoms with Gasteiger partial charge in [0.25, 0.3) is 5.91 Å². The fraction of sp³-hybridized carbons (Fsp3) is 0.250. The van der Waals surface area contributed by atoms with E-state index >= 15 is 0 Å². The zero-order valence-electron chi connectivity index (χ0n) is 10.6. The molecule has 19 heavy (non-hydrogen) atoms. The van der Waals surface area contributed by atoms with Gasteiger partial charge in [-0.1, -0.05) is 0 Å². The van der Waals surface area contributed by atoms with Crippen molar-refractivity contribution in [1.29, 1.82) is 0 Å². The molecule has 3 N–H and O–H groups in total. The lowest BCUT2D eigenvalue weighted by molar-refractivity contribution is 0.0951. The van der Waals surface area contributed by atoms with E-state index in [1.807, 2.05) is 6.92 Å². The van der Waals surface area contributed by atoms with Crippen molar-refractivity contribution in [3.05, 3.63) is 41.1 Å². The van der Waals surface area contributed by atoms with Crippen LogP contribution in [0.5, 0.6) is 0 Å². The summed E-state index contributed by atoms with van der Waals surface area (Å²) in [6.45, 7) is 2.18. The van der Waals surface area contributed by atoms with Crippen LogP contribution in [0.15, 0.2) is 18.5 Å². The minimum atomic E-state index is -0.552. The number of carbonyl (C=O) groups excluding carboxylic acids is 1. The lowest BCUT2D eigenvalue weighted by Gasteiger charge is -2.08. The second kappa shape index (κ2) is 5.47. The first-order valence-electron chi connectivity index (χ1n) is 5.72. The average Bonchev–Trinajstić information content (AvgIpc) is 2.81. The molecule has 0 aromatic carbocycles. The van der Waals surface area contributed by atoms with E-state index in [2.05, 4.69) is 25.8 Å². The lowest BCUT2D eigenvalue weighted by atomic mass is 10.2. The van der Waals surface area contributed by atoms with Gasteiger partial charge in [-0.3, -0.25) is 9.89 Å². The third-order valence-corrected chi connectivity index (χ3v) is 2.71. The Morgan fingerprint density at radius 2 is 2.26 bits per heavy atom. The lowest BCUT2D eigenvalue weighted by Crippen LogP contribution is -2.24. The normalized spacial score (nSPS) is 10.3. The first-order chi connectivity index (χ1) is 9.11. The molecule has 0 saturated heterocycles. The van der Waals surface area contributed by atoms with Gasteiger partial charge in [-0.25, -0.2) is 9.37 Å². The Morgan fingerprint density at radius 1 is 1.47 bits per heavy atom. The van der Waals surface area contributed by atoms with Crippen LogP contribution in [0.2, 0.25) is 0 Å². The van der Waals surface area contributed by atoms with Gasteiger partial charge < -0.3 is 10.6 Å². The maximum absolute atomic E-state index is 13.1. The highest BCUT2D eigenvalue weighted by Gasteiger charge is 2.13. The smallest absolute Gasteiger partial charge is 0.255 e. The van der Waals surface area contributed by atoms with Crippen molar-refractivity contribution in [2.24, 2.45) is 0 Å². The van der Waals surface area contributed by atoms with E-state index in [1.54, 1.807) is 13.2 Å². The number of rotatable bonds is 4. The standard InChI is InChI=1S/C12H14FN5O/c1-7-8(5-17-18-7)4-16-12(19)10-3-9(13)6-15-11(10)14-2/h3,5-6H,4H2,1-2H3,(H,14,15)(H,16,19)(H,17,18). The molecule has 0 aliphatic heterocycles. The van der Waals surface area contributed by atoms with Crippen LogP contribution in [0, 0.1) is 12.7 Å². The number of nitrogens with one attached hydrogen (secondary N) is 3. The van der Waals surface area contributed by atoms with Crippen molar-refractivity contribution >= 4 is 11.7 Å². The molecule has 2 heterocycles. The maximum atomic E-state index is 13.1. The van der Waals surface area contributed by atoms with E-state index in [1.165, 1.54) is 0 Å². The van der Waals surface area contributed by atoms with E-state index in [4.69, 9.17) is 0 Å². The van der Waals surface area contributed by atoms with Crippen molar-refractivity contribution < 1.29 is 9.18 Å². The van der Waals surface area contributed by atoms with Crippen molar-refractivity contribution in [2.75, 3.05) is 12.4 Å². The number of halogens is 1. The molecule has 6 nitrogen and oxygen atoms in total. The number of anilines is 1. The summed E-state index contributed by atoms with van der Waals surface area (Å²) in [5.41, 5.74) is 1.93. The zero-order valence-corrected chi connectivity index (χ0v) is 10.6. The number of carbonyl (C=O) groups is 1. The molecule has 0 aliphatic rings. The highest BCUT2D eigenvalue weighted by atomic mass is 19.1. The van der Waals surface area contributed by atoms with Crippen LogP contribution >= 0.6 is 0 Å². The Labute approximate surface area is 109 Å². The van der Waals surface area contributed by atoms with Crippen LogP contribution in [0.4, 0.5) is 10.2 Å². The summed E-state index contributed by atoms with van der Waals surface area (Å²) in [5, 5.41) is 12.1. The predicted molar refractivity (Wildman–Crippen MR) is 68.2 cm³/mol. The molecular weight excluding hydrogens is 249 g/mol. The fourth-order valence-corrected chi connectivity index (χ4v) is 1.64. The number of hydrogen-bond donors (Lipinski definition) is 3. The van der Waals surface area contributed by atoms with Crippen molar-refractivity contribution in [3.8, 4) is 0 Å². The van der Waals surface area contributed by atoms with E-state index in [0.29, 0.717) is 12.4 Å². The molecule has 2 aromatic heterocycles. The number of aryl methyl sites for hydroxylation is 1. The van der Waals surface area contributed by atoms with E-state index < -0.39 is 11.7 Å². The van der Waals surface area contributed by atoms with Crippen LogP contribution in [-0.4, -0.2) is 28.1 Å². The van der Waals surface area contributed by atoms with Crippen molar-refractivity contribution in [3.63, 3.8) is 0 Å². The van der Waals surface area contributed by atoms with Gasteiger partial charge in [-0.15, -0.1) is 0 Å². The van der Waals surface area contributed by atoms with Gasteiger partial charge in [0.1, 0.15) is 11.6 Å². The van der Waals surface area contributed by atoms with Crippen LogP contribution in [0.3, 0.4) is 0 Å². The molecule has 0 spiro atoms. The quantitative estimate of drug-likeness (QED) is 0.774. The SMILES string of the molecule is CNc1ncc(F)cc1C(=O)NCc1cn[nH]c1C. The summed E-state index contributed by atoms with van der Waals surface area (Å²) in [6, 6.07) is 1.15. The number of amides is 1. The number of hydrogen-bond acceptors (Lipinski definition) is 4. The molecule has 2 rings (SSSR count). The van der Waals surface area contributed by atoms with Crippen LogP contribution < -0.4 is 10.6 Å². The molecule has 7 heteroatoms. The largest absolute Gasteiger partial charge is 0.372 e. The highest BCUT2D eigenvalue weighted by Crippen LogP contribution is 2.13. The number of H-pyrrole nitrogens is 1. The Morgan fingerprint density at radius 3 is 2.89 bits per heavy atom. The van der Waals surface area contributed by atoms with Gasteiger partial charge in [0.15, 0.2) is 0 Å². The van der Waals surface area contributed by atoms with Gasteiger partial charge in [-0.2, -0.15) is 5.10 Å². The number of aromatic nitrogens is 3. The van der Waals surface area contributed by atoms with E-state index in [9.17, 15) is 9.18 Å². The first kappa shape index (κ1) is 13.0. The van der Waals surface area contributed by atoms with Gasteiger partial charge in [-0.05, 0) is 13.0 Å². The second-order valence-electron chi connectivity index (χ2n) is 4.00. The number of aromatic amines is 1. The molecule has 100 valence electrons. The summed E-state index contributed by atoms with van der Waals surface area (Å²) in [7, 11) is 1.62. The molecular formula is C12H14FN5O. The number of nitrogens with zero attached hydrogens (tertiary/aromatic N) is 2. The summed E-state index contributed by atoms with van der Waals surface area (Å²) in [4.78, 5) is 15.8. The van der Waals surface area contributed by atoms with Gasteiger partial charge in [0.2, 0.25) is 0 Å². The molecule has 0 radical (unpaired) electrons. The molecule has 0 fully saturated rings. The molecule has 0 aliphatic carbocycles.